The van der Waals surface area contributed by atoms with Crippen LogP contribution >= 0.6 is 0 Å². The molecule has 1 aliphatic heterocycles. The van der Waals surface area contributed by atoms with Gasteiger partial charge in [0.2, 0.25) is 0 Å². The summed E-state index contributed by atoms with van der Waals surface area (Å²) in [6.45, 7) is 7.93. The van der Waals surface area contributed by atoms with E-state index in [0.717, 1.165) is 31.9 Å². The van der Waals surface area contributed by atoms with Gasteiger partial charge in [0.05, 0.1) is 5.69 Å². The first kappa shape index (κ1) is 13.5. The SMILES string of the molecule is c1ccc(CNCCCCN2CCNCC2)nc1. The summed E-state index contributed by atoms with van der Waals surface area (Å²) in [7, 11) is 0. The molecular weight excluding hydrogens is 224 g/mol. The van der Waals surface area contributed by atoms with E-state index < -0.39 is 0 Å². The number of hydrogen-bond acceptors (Lipinski definition) is 4. The first-order chi connectivity index (χ1) is 8.95. The molecule has 0 atom stereocenters. The van der Waals surface area contributed by atoms with Gasteiger partial charge < -0.3 is 15.5 Å². The summed E-state index contributed by atoms with van der Waals surface area (Å²) in [6.07, 6.45) is 4.38. The van der Waals surface area contributed by atoms with Crippen molar-refractivity contribution in [2.45, 2.75) is 19.4 Å². The summed E-state index contributed by atoms with van der Waals surface area (Å²) >= 11 is 0. The number of pyridine rings is 1. The van der Waals surface area contributed by atoms with Crippen LogP contribution in [-0.2, 0) is 6.54 Å². The van der Waals surface area contributed by atoms with Crippen LogP contribution in [0.4, 0.5) is 0 Å². The predicted octanol–water partition coefficient (Wildman–Crippen LogP) is 0.857. The molecule has 1 fully saturated rings. The number of piperazine rings is 1. The summed E-state index contributed by atoms with van der Waals surface area (Å²) in [6, 6.07) is 6.05. The van der Waals surface area contributed by atoms with E-state index in [1.807, 2.05) is 18.3 Å². The van der Waals surface area contributed by atoms with Crippen LogP contribution in [-0.4, -0.2) is 49.2 Å². The van der Waals surface area contributed by atoms with Crippen LogP contribution in [0.15, 0.2) is 24.4 Å². The standard InChI is InChI=1S/C14H24N4/c1-2-7-17-14(5-1)13-16-6-3-4-10-18-11-8-15-9-12-18/h1-2,5,7,15-16H,3-4,6,8-13H2. The number of aromatic nitrogens is 1. The molecule has 4 nitrogen and oxygen atoms in total. The maximum atomic E-state index is 4.29. The Balaban J connectivity index is 1.46. The Bertz CT molecular complexity index is 309. The van der Waals surface area contributed by atoms with Gasteiger partial charge in [-0.1, -0.05) is 6.07 Å². The fraction of sp³-hybridized carbons (Fsp3) is 0.643. The second-order valence-electron chi connectivity index (χ2n) is 4.80. The van der Waals surface area contributed by atoms with E-state index in [9.17, 15) is 0 Å². The highest BCUT2D eigenvalue weighted by Gasteiger charge is 2.07. The molecule has 0 unspecified atom stereocenters. The van der Waals surface area contributed by atoms with Gasteiger partial charge in [-0.05, 0) is 38.1 Å². The molecule has 0 saturated carbocycles. The van der Waals surface area contributed by atoms with Gasteiger partial charge in [0.15, 0.2) is 0 Å². The zero-order chi connectivity index (χ0) is 12.5. The highest BCUT2D eigenvalue weighted by molar-refractivity contribution is 5.02. The summed E-state index contributed by atoms with van der Waals surface area (Å²) in [5.41, 5.74) is 1.12. The first-order valence-electron chi connectivity index (χ1n) is 6.99. The minimum absolute atomic E-state index is 0.883. The molecule has 0 aromatic carbocycles. The van der Waals surface area contributed by atoms with Gasteiger partial charge in [-0.3, -0.25) is 4.98 Å². The Kier molecular flexibility index (Phi) is 6.12. The lowest BCUT2D eigenvalue weighted by Gasteiger charge is -2.27. The van der Waals surface area contributed by atoms with Crippen molar-refractivity contribution in [3.05, 3.63) is 30.1 Å². The maximum absolute atomic E-state index is 4.29. The first-order valence-corrected chi connectivity index (χ1v) is 6.99. The Hall–Kier alpha value is -0.970. The fourth-order valence-electron chi connectivity index (χ4n) is 2.24. The van der Waals surface area contributed by atoms with E-state index in [1.165, 1.54) is 32.5 Å². The maximum Gasteiger partial charge on any atom is 0.0541 e. The van der Waals surface area contributed by atoms with Crippen LogP contribution in [0.1, 0.15) is 18.5 Å². The Labute approximate surface area is 110 Å². The molecule has 0 aliphatic carbocycles. The Morgan fingerprint density at radius 2 is 2.11 bits per heavy atom. The molecule has 1 aromatic heterocycles. The third-order valence-electron chi connectivity index (χ3n) is 3.32. The van der Waals surface area contributed by atoms with E-state index in [1.54, 1.807) is 0 Å². The molecule has 2 N–H and O–H groups in total. The molecule has 1 saturated heterocycles. The minimum atomic E-state index is 0.883. The van der Waals surface area contributed by atoms with Crippen molar-refractivity contribution in [1.82, 2.24) is 20.5 Å². The predicted molar refractivity (Wildman–Crippen MR) is 74.5 cm³/mol. The summed E-state index contributed by atoms with van der Waals surface area (Å²) in [4.78, 5) is 6.84. The number of hydrogen-bond donors (Lipinski definition) is 2. The lowest BCUT2D eigenvalue weighted by Crippen LogP contribution is -2.43. The zero-order valence-electron chi connectivity index (χ0n) is 11.1. The number of rotatable bonds is 7. The Morgan fingerprint density at radius 3 is 2.89 bits per heavy atom. The largest absolute Gasteiger partial charge is 0.314 e. The van der Waals surface area contributed by atoms with Crippen molar-refractivity contribution in [2.24, 2.45) is 0 Å². The lowest BCUT2D eigenvalue weighted by atomic mass is 10.2. The molecule has 100 valence electrons. The number of nitrogens with zero attached hydrogens (tertiary/aromatic N) is 2. The second-order valence-corrected chi connectivity index (χ2v) is 4.80. The van der Waals surface area contributed by atoms with Crippen molar-refractivity contribution >= 4 is 0 Å². The van der Waals surface area contributed by atoms with Crippen LogP contribution in [0.25, 0.3) is 0 Å². The molecule has 0 spiro atoms. The molecule has 0 bridgehead atoms. The molecule has 2 heterocycles. The fourth-order valence-corrected chi connectivity index (χ4v) is 2.24. The van der Waals surface area contributed by atoms with Crippen molar-refractivity contribution < 1.29 is 0 Å². The van der Waals surface area contributed by atoms with E-state index in [4.69, 9.17) is 0 Å². The average Bonchev–Trinajstić information content (AvgIpc) is 2.45. The normalized spacial score (nSPS) is 16.9. The van der Waals surface area contributed by atoms with Gasteiger partial charge in [-0.2, -0.15) is 0 Å². The zero-order valence-corrected chi connectivity index (χ0v) is 11.1. The lowest BCUT2D eigenvalue weighted by molar-refractivity contribution is 0.236. The van der Waals surface area contributed by atoms with Crippen molar-refractivity contribution in [3.63, 3.8) is 0 Å². The second kappa shape index (κ2) is 8.19. The van der Waals surface area contributed by atoms with Gasteiger partial charge in [0.25, 0.3) is 0 Å². The molecule has 4 heteroatoms. The van der Waals surface area contributed by atoms with Crippen LogP contribution in [0.5, 0.6) is 0 Å². The van der Waals surface area contributed by atoms with Crippen molar-refractivity contribution in [1.29, 1.82) is 0 Å². The van der Waals surface area contributed by atoms with Crippen LogP contribution < -0.4 is 10.6 Å². The van der Waals surface area contributed by atoms with Crippen molar-refractivity contribution in [2.75, 3.05) is 39.3 Å². The van der Waals surface area contributed by atoms with Crippen LogP contribution in [0, 0.1) is 0 Å². The molecule has 0 amide bonds. The van der Waals surface area contributed by atoms with Crippen LogP contribution in [0.3, 0.4) is 0 Å². The Morgan fingerprint density at radius 1 is 1.22 bits per heavy atom. The van der Waals surface area contributed by atoms with E-state index in [2.05, 4.69) is 26.6 Å². The van der Waals surface area contributed by atoms with E-state index >= 15 is 0 Å². The van der Waals surface area contributed by atoms with Gasteiger partial charge in [0.1, 0.15) is 0 Å². The smallest absolute Gasteiger partial charge is 0.0541 e. The molecular formula is C14H24N4. The molecule has 18 heavy (non-hydrogen) atoms. The number of nitrogens with one attached hydrogen (secondary N) is 2. The van der Waals surface area contributed by atoms with E-state index in [-0.39, 0.29) is 0 Å². The highest BCUT2D eigenvalue weighted by Crippen LogP contribution is 1.97. The number of unbranched alkanes of at least 4 members (excludes halogenated alkanes) is 1. The monoisotopic (exact) mass is 248 g/mol. The quantitative estimate of drug-likeness (QED) is 0.702. The molecule has 2 rings (SSSR count). The van der Waals surface area contributed by atoms with Gasteiger partial charge >= 0.3 is 0 Å². The van der Waals surface area contributed by atoms with Gasteiger partial charge in [-0.15, -0.1) is 0 Å². The van der Waals surface area contributed by atoms with Crippen LogP contribution in [0.2, 0.25) is 0 Å². The molecule has 0 radical (unpaired) electrons. The highest BCUT2D eigenvalue weighted by atomic mass is 15.2. The summed E-state index contributed by atoms with van der Waals surface area (Å²) in [5.74, 6) is 0. The summed E-state index contributed by atoms with van der Waals surface area (Å²) in [5, 5.41) is 6.83. The topological polar surface area (TPSA) is 40.2 Å². The third-order valence-corrected chi connectivity index (χ3v) is 3.32. The summed E-state index contributed by atoms with van der Waals surface area (Å²) < 4.78 is 0. The minimum Gasteiger partial charge on any atom is -0.314 e. The van der Waals surface area contributed by atoms with Gasteiger partial charge in [-0.25, -0.2) is 0 Å². The molecule has 1 aromatic rings. The van der Waals surface area contributed by atoms with E-state index in [0.29, 0.717) is 0 Å². The third kappa shape index (κ3) is 5.12. The average molecular weight is 248 g/mol. The van der Waals surface area contributed by atoms with Gasteiger partial charge in [0, 0.05) is 38.9 Å². The molecule has 1 aliphatic rings. The van der Waals surface area contributed by atoms with Crippen molar-refractivity contribution in [3.8, 4) is 0 Å².